The molecule has 2 rings (SSSR count). The van der Waals surface area contributed by atoms with Crippen molar-refractivity contribution in [3.8, 4) is 0 Å². The summed E-state index contributed by atoms with van der Waals surface area (Å²) < 4.78 is 0. The van der Waals surface area contributed by atoms with E-state index in [4.69, 9.17) is 0 Å². The van der Waals surface area contributed by atoms with Crippen molar-refractivity contribution < 1.29 is 4.79 Å². The smallest absolute Gasteiger partial charge is 0.266 e. The third-order valence-corrected chi connectivity index (χ3v) is 4.31. The summed E-state index contributed by atoms with van der Waals surface area (Å²) in [5.74, 6) is 0.157. The van der Waals surface area contributed by atoms with Crippen molar-refractivity contribution in [2.24, 2.45) is 0 Å². The molecule has 0 bridgehead atoms. The lowest BCUT2D eigenvalue weighted by Crippen LogP contribution is -2.45. The Morgan fingerprint density at radius 2 is 2.44 bits per heavy atom. The van der Waals surface area contributed by atoms with Gasteiger partial charge in [0.2, 0.25) is 0 Å². The van der Waals surface area contributed by atoms with Crippen molar-refractivity contribution >= 4 is 33.2 Å². The van der Waals surface area contributed by atoms with E-state index in [1.807, 2.05) is 11.8 Å². The molecule has 0 saturated heterocycles. The van der Waals surface area contributed by atoms with E-state index in [1.54, 1.807) is 5.51 Å². The second-order valence-electron chi connectivity index (χ2n) is 4.04. The molecule has 0 aliphatic heterocycles. The molecule has 1 fully saturated rings. The van der Waals surface area contributed by atoms with Crippen LogP contribution in [0, 0.1) is 6.92 Å². The molecule has 0 spiro atoms. The van der Waals surface area contributed by atoms with Gasteiger partial charge in [-0.1, -0.05) is 15.9 Å². The number of halogens is 1. The SMILES string of the molecule is Cc1ncsc1C(=O)N(CCBr)C1CCC1. The van der Waals surface area contributed by atoms with Crippen LogP contribution < -0.4 is 0 Å². The highest BCUT2D eigenvalue weighted by Crippen LogP contribution is 2.27. The number of rotatable bonds is 4. The highest BCUT2D eigenvalue weighted by molar-refractivity contribution is 9.09. The number of aromatic nitrogens is 1. The molecule has 16 heavy (non-hydrogen) atoms. The Bertz CT molecular complexity index is 376. The van der Waals surface area contributed by atoms with Gasteiger partial charge in [0, 0.05) is 17.9 Å². The molecule has 1 aromatic heterocycles. The van der Waals surface area contributed by atoms with Gasteiger partial charge in [0.15, 0.2) is 0 Å². The van der Waals surface area contributed by atoms with E-state index in [2.05, 4.69) is 20.9 Å². The van der Waals surface area contributed by atoms with Gasteiger partial charge in [-0.2, -0.15) is 0 Å². The second kappa shape index (κ2) is 5.27. The Hall–Kier alpha value is -0.420. The molecule has 1 aromatic rings. The molecule has 0 N–H and O–H groups in total. The fraction of sp³-hybridized carbons (Fsp3) is 0.636. The van der Waals surface area contributed by atoms with E-state index in [0.717, 1.165) is 35.3 Å². The van der Waals surface area contributed by atoms with Gasteiger partial charge in [-0.15, -0.1) is 11.3 Å². The monoisotopic (exact) mass is 302 g/mol. The average molecular weight is 303 g/mol. The zero-order valence-electron chi connectivity index (χ0n) is 9.28. The van der Waals surface area contributed by atoms with Crippen LogP contribution in [0.4, 0.5) is 0 Å². The maximum Gasteiger partial charge on any atom is 0.266 e. The molecule has 3 nitrogen and oxygen atoms in total. The van der Waals surface area contributed by atoms with Crippen LogP contribution in [-0.2, 0) is 0 Å². The molecule has 0 atom stereocenters. The highest BCUT2D eigenvalue weighted by Gasteiger charge is 2.30. The fourth-order valence-corrected chi connectivity index (χ4v) is 3.02. The highest BCUT2D eigenvalue weighted by atomic mass is 79.9. The summed E-state index contributed by atoms with van der Waals surface area (Å²) in [4.78, 5) is 19.3. The zero-order valence-corrected chi connectivity index (χ0v) is 11.7. The zero-order chi connectivity index (χ0) is 11.5. The average Bonchev–Trinajstić information content (AvgIpc) is 2.60. The van der Waals surface area contributed by atoms with Crippen molar-refractivity contribution in [1.82, 2.24) is 9.88 Å². The molecule has 0 radical (unpaired) electrons. The van der Waals surface area contributed by atoms with E-state index in [9.17, 15) is 4.79 Å². The van der Waals surface area contributed by atoms with E-state index in [-0.39, 0.29) is 5.91 Å². The van der Waals surface area contributed by atoms with Crippen LogP contribution in [0.25, 0.3) is 0 Å². The lowest BCUT2D eigenvalue weighted by atomic mass is 9.91. The van der Waals surface area contributed by atoms with Gasteiger partial charge >= 0.3 is 0 Å². The molecule has 0 aromatic carbocycles. The van der Waals surface area contributed by atoms with Gasteiger partial charge in [-0.05, 0) is 26.2 Å². The first-order valence-corrected chi connectivity index (χ1v) is 7.51. The van der Waals surface area contributed by atoms with Crippen molar-refractivity contribution in [1.29, 1.82) is 0 Å². The van der Waals surface area contributed by atoms with Crippen LogP contribution >= 0.6 is 27.3 Å². The summed E-state index contributed by atoms with van der Waals surface area (Å²) in [7, 11) is 0. The number of nitrogens with zero attached hydrogens (tertiary/aromatic N) is 2. The topological polar surface area (TPSA) is 33.2 Å². The first-order valence-electron chi connectivity index (χ1n) is 5.51. The van der Waals surface area contributed by atoms with Gasteiger partial charge in [-0.3, -0.25) is 4.79 Å². The number of carbonyl (C=O) groups is 1. The predicted octanol–water partition coefficient (Wildman–Crippen LogP) is 2.84. The first kappa shape index (κ1) is 12.0. The summed E-state index contributed by atoms with van der Waals surface area (Å²) in [5, 5.41) is 0.840. The lowest BCUT2D eigenvalue weighted by molar-refractivity contribution is 0.0603. The molecule has 1 aliphatic carbocycles. The fourth-order valence-electron chi connectivity index (χ4n) is 1.88. The van der Waals surface area contributed by atoms with Crippen LogP contribution in [0.5, 0.6) is 0 Å². The summed E-state index contributed by atoms with van der Waals surface area (Å²) >= 11 is 4.86. The Kier molecular flexibility index (Phi) is 3.97. The standard InChI is InChI=1S/C11H15BrN2OS/c1-8-10(16-7-13-8)11(15)14(6-5-12)9-3-2-4-9/h7,9H,2-6H2,1H3. The Morgan fingerprint density at radius 1 is 1.69 bits per heavy atom. The maximum absolute atomic E-state index is 12.3. The number of hydrogen-bond acceptors (Lipinski definition) is 3. The van der Waals surface area contributed by atoms with Crippen molar-refractivity contribution in [3.63, 3.8) is 0 Å². The number of aryl methyl sites for hydroxylation is 1. The van der Waals surface area contributed by atoms with Crippen LogP contribution in [0.2, 0.25) is 0 Å². The predicted molar refractivity (Wildman–Crippen MR) is 69.3 cm³/mol. The number of thiazole rings is 1. The van der Waals surface area contributed by atoms with Crippen molar-refractivity contribution in [2.75, 3.05) is 11.9 Å². The van der Waals surface area contributed by atoms with Crippen LogP contribution in [-0.4, -0.2) is 33.7 Å². The number of amides is 1. The summed E-state index contributed by atoms with van der Waals surface area (Å²) in [6.45, 7) is 2.69. The number of hydrogen-bond donors (Lipinski definition) is 0. The molecule has 88 valence electrons. The van der Waals surface area contributed by atoms with Crippen LogP contribution in [0.3, 0.4) is 0 Å². The van der Waals surface area contributed by atoms with Crippen LogP contribution in [0.1, 0.15) is 34.6 Å². The molecule has 1 heterocycles. The van der Waals surface area contributed by atoms with Gasteiger partial charge in [0.1, 0.15) is 4.88 Å². The molecule has 1 amide bonds. The van der Waals surface area contributed by atoms with Gasteiger partial charge in [0.05, 0.1) is 11.2 Å². The number of alkyl halides is 1. The molecule has 1 aliphatic rings. The largest absolute Gasteiger partial charge is 0.334 e. The van der Waals surface area contributed by atoms with Crippen molar-refractivity contribution in [2.45, 2.75) is 32.2 Å². The van der Waals surface area contributed by atoms with E-state index in [0.29, 0.717) is 6.04 Å². The minimum atomic E-state index is 0.157. The Morgan fingerprint density at radius 3 is 2.88 bits per heavy atom. The molecular formula is C11H15BrN2OS. The minimum absolute atomic E-state index is 0.157. The summed E-state index contributed by atoms with van der Waals surface area (Å²) in [6.07, 6.45) is 3.55. The van der Waals surface area contributed by atoms with Gasteiger partial charge < -0.3 is 4.90 Å². The van der Waals surface area contributed by atoms with Gasteiger partial charge in [0.25, 0.3) is 5.91 Å². The minimum Gasteiger partial charge on any atom is -0.334 e. The van der Waals surface area contributed by atoms with E-state index < -0.39 is 0 Å². The maximum atomic E-state index is 12.3. The lowest BCUT2D eigenvalue weighted by Gasteiger charge is -2.37. The normalized spacial score (nSPS) is 15.9. The van der Waals surface area contributed by atoms with E-state index >= 15 is 0 Å². The second-order valence-corrected chi connectivity index (χ2v) is 5.69. The molecule has 5 heteroatoms. The first-order chi connectivity index (χ1) is 7.74. The Labute approximate surface area is 108 Å². The molecule has 1 saturated carbocycles. The van der Waals surface area contributed by atoms with E-state index in [1.165, 1.54) is 17.8 Å². The summed E-state index contributed by atoms with van der Waals surface area (Å²) in [6, 6.07) is 0.451. The van der Waals surface area contributed by atoms with Crippen LogP contribution in [0.15, 0.2) is 5.51 Å². The number of carbonyl (C=O) groups excluding carboxylic acids is 1. The van der Waals surface area contributed by atoms with Crippen molar-refractivity contribution in [3.05, 3.63) is 16.1 Å². The van der Waals surface area contributed by atoms with Gasteiger partial charge in [-0.25, -0.2) is 4.98 Å². The third kappa shape index (κ3) is 2.30. The third-order valence-electron chi connectivity index (χ3n) is 3.04. The molecular weight excluding hydrogens is 288 g/mol. The Balaban J connectivity index is 2.13. The summed E-state index contributed by atoms with van der Waals surface area (Å²) in [5.41, 5.74) is 2.60. The molecule has 0 unspecified atom stereocenters. The quantitative estimate of drug-likeness (QED) is 0.801.